The SMILES string of the molecule is Cc1ccc(CN(CCCN2CCOCC2)C(=S)Nc2ccc(Cl)cc2C)cc1. The lowest BCUT2D eigenvalue weighted by molar-refractivity contribution is 0.0368. The Hall–Kier alpha value is -1.66. The van der Waals surface area contributed by atoms with Gasteiger partial charge in [0.1, 0.15) is 0 Å². The van der Waals surface area contributed by atoms with Crippen molar-refractivity contribution in [3.8, 4) is 0 Å². The van der Waals surface area contributed by atoms with E-state index in [0.29, 0.717) is 0 Å². The minimum Gasteiger partial charge on any atom is -0.379 e. The predicted octanol–water partition coefficient (Wildman–Crippen LogP) is 4.88. The molecule has 1 aliphatic rings. The van der Waals surface area contributed by atoms with Crippen LogP contribution in [0.3, 0.4) is 0 Å². The Labute approximate surface area is 184 Å². The minimum atomic E-state index is 0.737. The fourth-order valence-electron chi connectivity index (χ4n) is 3.44. The molecule has 2 aromatic rings. The van der Waals surface area contributed by atoms with Crippen LogP contribution in [0, 0.1) is 13.8 Å². The van der Waals surface area contributed by atoms with E-state index in [1.165, 1.54) is 11.1 Å². The molecule has 1 saturated heterocycles. The molecule has 0 aliphatic carbocycles. The number of morpholine rings is 1. The molecule has 1 N–H and O–H groups in total. The highest BCUT2D eigenvalue weighted by atomic mass is 35.5. The average Bonchev–Trinajstić information content (AvgIpc) is 2.71. The topological polar surface area (TPSA) is 27.7 Å². The molecule has 0 radical (unpaired) electrons. The van der Waals surface area contributed by atoms with Crippen molar-refractivity contribution in [2.24, 2.45) is 0 Å². The number of halogens is 1. The van der Waals surface area contributed by atoms with E-state index in [1.807, 2.05) is 25.1 Å². The summed E-state index contributed by atoms with van der Waals surface area (Å²) in [4.78, 5) is 4.72. The van der Waals surface area contributed by atoms with Crippen LogP contribution in [0.5, 0.6) is 0 Å². The molecule has 2 aromatic carbocycles. The van der Waals surface area contributed by atoms with Gasteiger partial charge in [-0.05, 0) is 61.8 Å². The quantitative estimate of drug-likeness (QED) is 0.631. The summed E-state index contributed by atoms with van der Waals surface area (Å²) in [5.41, 5.74) is 4.62. The fraction of sp³-hybridized carbons (Fsp3) is 0.435. The molecule has 0 atom stereocenters. The largest absolute Gasteiger partial charge is 0.379 e. The monoisotopic (exact) mass is 431 g/mol. The summed E-state index contributed by atoms with van der Waals surface area (Å²) < 4.78 is 5.45. The molecule has 0 saturated carbocycles. The first-order valence-corrected chi connectivity index (χ1v) is 11.0. The number of nitrogens with one attached hydrogen (secondary N) is 1. The van der Waals surface area contributed by atoms with E-state index < -0.39 is 0 Å². The van der Waals surface area contributed by atoms with Crippen molar-refractivity contribution in [1.29, 1.82) is 0 Å². The smallest absolute Gasteiger partial charge is 0.173 e. The van der Waals surface area contributed by atoms with Crippen molar-refractivity contribution in [3.63, 3.8) is 0 Å². The molecule has 0 amide bonds. The van der Waals surface area contributed by atoms with Gasteiger partial charge in [-0.3, -0.25) is 4.90 Å². The number of rotatable bonds is 7. The normalized spacial score (nSPS) is 14.6. The summed E-state index contributed by atoms with van der Waals surface area (Å²) in [5.74, 6) is 0. The van der Waals surface area contributed by atoms with Gasteiger partial charge in [0, 0.05) is 43.4 Å². The maximum absolute atomic E-state index is 6.09. The van der Waals surface area contributed by atoms with Crippen LogP contribution in [0.25, 0.3) is 0 Å². The molecule has 1 fully saturated rings. The first kappa shape index (κ1) is 22.0. The zero-order chi connectivity index (χ0) is 20.6. The van der Waals surface area contributed by atoms with E-state index in [9.17, 15) is 0 Å². The Kier molecular flexibility index (Phi) is 8.30. The van der Waals surface area contributed by atoms with E-state index in [1.54, 1.807) is 0 Å². The van der Waals surface area contributed by atoms with Gasteiger partial charge >= 0.3 is 0 Å². The molecular weight excluding hydrogens is 402 g/mol. The molecule has 4 nitrogen and oxygen atoms in total. The van der Waals surface area contributed by atoms with Crippen LogP contribution in [0.1, 0.15) is 23.1 Å². The Morgan fingerprint density at radius 3 is 2.55 bits per heavy atom. The third-order valence-electron chi connectivity index (χ3n) is 5.22. The van der Waals surface area contributed by atoms with Gasteiger partial charge in [-0.2, -0.15) is 0 Å². The number of nitrogens with zero attached hydrogens (tertiary/aromatic N) is 2. The predicted molar refractivity (Wildman–Crippen MR) is 126 cm³/mol. The first-order valence-electron chi connectivity index (χ1n) is 10.2. The summed E-state index contributed by atoms with van der Waals surface area (Å²) in [7, 11) is 0. The molecule has 0 aromatic heterocycles. The standard InChI is InChI=1S/C23H30ClN3OS/c1-18-4-6-20(7-5-18)17-27(11-3-10-26-12-14-28-15-13-26)23(29)25-22-9-8-21(24)16-19(22)2/h4-9,16H,3,10-15,17H2,1-2H3,(H,25,29). The van der Waals surface area contributed by atoms with Crippen LogP contribution in [0.15, 0.2) is 42.5 Å². The zero-order valence-electron chi connectivity index (χ0n) is 17.3. The first-order chi connectivity index (χ1) is 14.0. The van der Waals surface area contributed by atoms with E-state index in [4.69, 9.17) is 28.6 Å². The van der Waals surface area contributed by atoms with Crippen molar-refractivity contribution in [2.45, 2.75) is 26.8 Å². The van der Waals surface area contributed by atoms with Gasteiger partial charge in [0.2, 0.25) is 0 Å². The maximum atomic E-state index is 6.09. The minimum absolute atomic E-state index is 0.737. The van der Waals surface area contributed by atoms with Crippen LogP contribution in [-0.4, -0.2) is 54.3 Å². The average molecular weight is 432 g/mol. The Balaban J connectivity index is 1.64. The number of ether oxygens (including phenoxy) is 1. The van der Waals surface area contributed by atoms with Crippen molar-refractivity contribution in [2.75, 3.05) is 44.7 Å². The third-order valence-corrected chi connectivity index (χ3v) is 5.81. The van der Waals surface area contributed by atoms with Gasteiger partial charge in [-0.25, -0.2) is 0 Å². The molecule has 156 valence electrons. The van der Waals surface area contributed by atoms with Gasteiger partial charge in [0.05, 0.1) is 13.2 Å². The number of anilines is 1. The summed E-state index contributed by atoms with van der Waals surface area (Å²) in [5, 5.41) is 4.91. The second kappa shape index (κ2) is 10.9. The van der Waals surface area contributed by atoms with Crippen molar-refractivity contribution in [1.82, 2.24) is 9.80 Å². The van der Waals surface area contributed by atoms with Crippen molar-refractivity contribution < 1.29 is 4.74 Å². The summed E-state index contributed by atoms with van der Waals surface area (Å²) >= 11 is 11.9. The fourth-order valence-corrected chi connectivity index (χ4v) is 3.93. The third kappa shape index (κ3) is 6.96. The lowest BCUT2D eigenvalue weighted by Gasteiger charge is -2.30. The summed E-state index contributed by atoms with van der Waals surface area (Å²) in [6.07, 6.45) is 1.06. The maximum Gasteiger partial charge on any atom is 0.173 e. The highest BCUT2D eigenvalue weighted by molar-refractivity contribution is 7.80. The number of hydrogen-bond donors (Lipinski definition) is 1. The van der Waals surface area contributed by atoms with Crippen LogP contribution < -0.4 is 5.32 Å². The molecule has 29 heavy (non-hydrogen) atoms. The number of aryl methyl sites for hydroxylation is 2. The molecule has 0 bridgehead atoms. The van der Waals surface area contributed by atoms with Gasteiger partial charge in [0.25, 0.3) is 0 Å². The Bertz CT molecular complexity index is 806. The Morgan fingerprint density at radius 2 is 1.86 bits per heavy atom. The summed E-state index contributed by atoms with van der Waals surface area (Å²) in [6.45, 7) is 10.6. The Morgan fingerprint density at radius 1 is 1.14 bits per heavy atom. The van der Waals surface area contributed by atoms with Crippen LogP contribution in [0.2, 0.25) is 5.02 Å². The molecule has 0 spiro atoms. The van der Waals surface area contributed by atoms with Crippen LogP contribution in [-0.2, 0) is 11.3 Å². The molecule has 1 aliphatic heterocycles. The lowest BCUT2D eigenvalue weighted by Crippen LogP contribution is -2.40. The van der Waals surface area contributed by atoms with Crippen molar-refractivity contribution >= 4 is 34.6 Å². The van der Waals surface area contributed by atoms with Crippen LogP contribution >= 0.6 is 23.8 Å². The molecule has 3 rings (SSSR count). The number of thiocarbonyl (C=S) groups is 1. The van der Waals surface area contributed by atoms with E-state index >= 15 is 0 Å². The second-order valence-corrected chi connectivity index (χ2v) is 8.43. The number of benzene rings is 2. The molecule has 1 heterocycles. The van der Waals surface area contributed by atoms with Gasteiger partial charge in [-0.1, -0.05) is 41.4 Å². The molecule has 0 unspecified atom stereocenters. The lowest BCUT2D eigenvalue weighted by atomic mass is 10.1. The molecule has 6 heteroatoms. The zero-order valence-corrected chi connectivity index (χ0v) is 18.9. The highest BCUT2D eigenvalue weighted by Gasteiger charge is 2.14. The van der Waals surface area contributed by atoms with E-state index in [0.717, 1.165) is 73.7 Å². The van der Waals surface area contributed by atoms with Gasteiger partial charge in [0.15, 0.2) is 5.11 Å². The highest BCUT2D eigenvalue weighted by Crippen LogP contribution is 2.20. The van der Waals surface area contributed by atoms with E-state index in [2.05, 4.69) is 46.3 Å². The number of hydrogen-bond acceptors (Lipinski definition) is 3. The van der Waals surface area contributed by atoms with Gasteiger partial charge < -0.3 is 15.0 Å². The second-order valence-electron chi connectivity index (χ2n) is 7.60. The van der Waals surface area contributed by atoms with Crippen LogP contribution in [0.4, 0.5) is 5.69 Å². The van der Waals surface area contributed by atoms with E-state index in [-0.39, 0.29) is 0 Å². The van der Waals surface area contributed by atoms with Crippen molar-refractivity contribution in [3.05, 3.63) is 64.2 Å². The summed E-state index contributed by atoms with van der Waals surface area (Å²) in [6, 6.07) is 14.5. The van der Waals surface area contributed by atoms with Gasteiger partial charge in [-0.15, -0.1) is 0 Å². The molecular formula is C23H30ClN3OS.